The average Bonchev–Trinajstić information content (AvgIpc) is 3.31. The van der Waals surface area contributed by atoms with Gasteiger partial charge in [-0.2, -0.15) is 0 Å². The van der Waals surface area contributed by atoms with Gasteiger partial charge in [-0.3, -0.25) is 9.59 Å². The van der Waals surface area contributed by atoms with Crippen molar-refractivity contribution < 1.29 is 4.79 Å². The predicted molar refractivity (Wildman–Crippen MR) is 102 cm³/mol. The van der Waals surface area contributed by atoms with Crippen LogP contribution in [0.3, 0.4) is 0 Å². The van der Waals surface area contributed by atoms with Gasteiger partial charge in [0.1, 0.15) is 5.56 Å². The Balaban J connectivity index is 1.89. The van der Waals surface area contributed by atoms with E-state index in [-0.39, 0.29) is 28.5 Å². The topological polar surface area (TPSA) is 51.1 Å². The third-order valence-electron chi connectivity index (χ3n) is 4.78. The number of rotatable bonds is 3. The number of nitrogens with one attached hydrogen (secondary N) is 1. The summed E-state index contributed by atoms with van der Waals surface area (Å²) in [6.07, 6.45) is 2.03. The number of pyridine rings is 1. The molecule has 0 aliphatic heterocycles. The van der Waals surface area contributed by atoms with Gasteiger partial charge in [-0.15, -0.1) is 0 Å². The number of hydrogen-bond acceptors (Lipinski definition) is 2. The third-order valence-corrected chi connectivity index (χ3v) is 4.78. The Labute approximate surface area is 148 Å². The van der Waals surface area contributed by atoms with Gasteiger partial charge in [0.05, 0.1) is 0 Å². The van der Waals surface area contributed by atoms with E-state index >= 15 is 0 Å². The lowest BCUT2D eigenvalue weighted by molar-refractivity contribution is 0.102. The highest BCUT2D eigenvalue weighted by molar-refractivity contribution is 6.05. The van der Waals surface area contributed by atoms with Crippen LogP contribution in [-0.4, -0.2) is 10.5 Å². The molecular weight excluding hydrogens is 312 g/mol. The van der Waals surface area contributed by atoms with E-state index in [9.17, 15) is 9.59 Å². The van der Waals surface area contributed by atoms with Gasteiger partial charge in [-0.05, 0) is 61.4 Å². The Kier molecular flexibility index (Phi) is 4.31. The molecule has 0 atom stereocenters. The van der Waals surface area contributed by atoms with E-state index in [1.54, 1.807) is 4.57 Å². The van der Waals surface area contributed by atoms with Gasteiger partial charge in [-0.25, -0.2) is 0 Å². The van der Waals surface area contributed by atoms with Crippen LogP contribution >= 0.6 is 0 Å². The first-order valence-corrected chi connectivity index (χ1v) is 8.83. The number of amides is 1. The number of carbonyl (C=O) groups is 1. The number of anilines is 1. The summed E-state index contributed by atoms with van der Waals surface area (Å²) in [6.45, 7) is 10.2. The van der Waals surface area contributed by atoms with E-state index < -0.39 is 0 Å². The fraction of sp³-hybridized carbons (Fsp3) is 0.429. The van der Waals surface area contributed by atoms with Crippen molar-refractivity contribution >= 4 is 11.6 Å². The van der Waals surface area contributed by atoms with Crippen LogP contribution in [0.5, 0.6) is 0 Å². The molecule has 1 N–H and O–H groups in total. The van der Waals surface area contributed by atoms with Gasteiger partial charge in [-0.1, -0.05) is 32.9 Å². The van der Waals surface area contributed by atoms with Crippen molar-refractivity contribution in [1.29, 1.82) is 0 Å². The molecule has 0 saturated heterocycles. The molecule has 1 aliphatic rings. The Hall–Kier alpha value is -2.36. The van der Waals surface area contributed by atoms with Crippen molar-refractivity contribution in [3.8, 4) is 0 Å². The molecule has 1 aromatic carbocycles. The molecule has 0 bridgehead atoms. The molecule has 132 valence electrons. The average molecular weight is 338 g/mol. The van der Waals surface area contributed by atoms with Gasteiger partial charge >= 0.3 is 0 Å². The number of carbonyl (C=O) groups excluding carboxylic acids is 1. The van der Waals surface area contributed by atoms with Crippen LogP contribution in [0.2, 0.25) is 0 Å². The quantitative estimate of drug-likeness (QED) is 0.904. The molecule has 3 rings (SSSR count). The first-order chi connectivity index (χ1) is 11.7. The molecule has 25 heavy (non-hydrogen) atoms. The molecular formula is C21H26N2O2. The van der Waals surface area contributed by atoms with Crippen LogP contribution in [0.15, 0.2) is 35.1 Å². The Bertz CT molecular complexity index is 866. The van der Waals surface area contributed by atoms with Crippen molar-refractivity contribution in [2.45, 2.75) is 58.9 Å². The molecule has 2 aromatic rings. The summed E-state index contributed by atoms with van der Waals surface area (Å²) in [5, 5.41) is 2.87. The molecule has 0 radical (unpaired) electrons. The minimum atomic E-state index is -0.333. The smallest absolute Gasteiger partial charge is 0.264 e. The number of nitrogens with zero attached hydrogens (tertiary/aromatic N) is 1. The van der Waals surface area contributed by atoms with E-state index in [1.165, 1.54) is 5.56 Å². The van der Waals surface area contributed by atoms with Gasteiger partial charge in [0.2, 0.25) is 0 Å². The SMILES string of the molecule is Cc1cc(C)n(C2CC2)c(=O)c1C(=O)Nc1ccc(C(C)(C)C)cc1. The predicted octanol–water partition coefficient (Wildman–Crippen LogP) is 4.35. The van der Waals surface area contributed by atoms with E-state index in [0.29, 0.717) is 5.69 Å². The second-order valence-electron chi connectivity index (χ2n) is 8.03. The fourth-order valence-electron chi connectivity index (χ4n) is 3.21. The largest absolute Gasteiger partial charge is 0.322 e. The lowest BCUT2D eigenvalue weighted by Gasteiger charge is -2.19. The molecule has 1 heterocycles. The van der Waals surface area contributed by atoms with Gasteiger partial charge in [0.25, 0.3) is 11.5 Å². The van der Waals surface area contributed by atoms with Gasteiger partial charge in [0.15, 0.2) is 0 Å². The Morgan fingerprint density at radius 1 is 1.12 bits per heavy atom. The highest BCUT2D eigenvalue weighted by Crippen LogP contribution is 2.34. The summed E-state index contributed by atoms with van der Waals surface area (Å²) in [5.41, 5.74) is 3.69. The first-order valence-electron chi connectivity index (χ1n) is 8.83. The number of aromatic nitrogens is 1. The van der Waals surface area contributed by atoms with Crippen molar-refractivity contribution in [1.82, 2.24) is 4.57 Å². The van der Waals surface area contributed by atoms with E-state index in [1.807, 2.05) is 44.2 Å². The lowest BCUT2D eigenvalue weighted by Crippen LogP contribution is -2.31. The Morgan fingerprint density at radius 3 is 2.24 bits per heavy atom. The standard InChI is InChI=1S/C21H26N2O2/c1-13-12-14(2)23(17-10-11-17)20(25)18(13)19(24)22-16-8-6-15(7-9-16)21(3,4)5/h6-9,12,17H,10-11H2,1-5H3,(H,22,24). The van der Waals surface area contributed by atoms with Crippen molar-refractivity contribution in [3.63, 3.8) is 0 Å². The zero-order chi connectivity index (χ0) is 18.4. The molecule has 1 aliphatic carbocycles. The van der Waals surface area contributed by atoms with E-state index in [4.69, 9.17) is 0 Å². The van der Waals surface area contributed by atoms with Crippen LogP contribution in [-0.2, 0) is 5.41 Å². The maximum Gasteiger partial charge on any atom is 0.264 e. The summed E-state index contributed by atoms with van der Waals surface area (Å²) < 4.78 is 1.77. The monoisotopic (exact) mass is 338 g/mol. The lowest BCUT2D eigenvalue weighted by atomic mass is 9.87. The minimum absolute atomic E-state index is 0.0636. The highest BCUT2D eigenvalue weighted by atomic mass is 16.2. The number of aryl methyl sites for hydroxylation is 2. The summed E-state index contributed by atoms with van der Waals surface area (Å²) >= 11 is 0. The first kappa shape index (κ1) is 17.5. The highest BCUT2D eigenvalue weighted by Gasteiger charge is 2.28. The van der Waals surface area contributed by atoms with Crippen molar-refractivity contribution in [3.05, 3.63) is 63.1 Å². The molecule has 1 saturated carbocycles. The maximum atomic E-state index is 12.8. The van der Waals surface area contributed by atoms with Gasteiger partial charge < -0.3 is 9.88 Å². The molecule has 0 unspecified atom stereocenters. The van der Waals surface area contributed by atoms with E-state index in [2.05, 4.69) is 26.1 Å². The van der Waals surface area contributed by atoms with Gasteiger partial charge in [0, 0.05) is 17.4 Å². The second kappa shape index (κ2) is 6.17. The fourth-order valence-corrected chi connectivity index (χ4v) is 3.21. The minimum Gasteiger partial charge on any atom is -0.322 e. The number of hydrogen-bond donors (Lipinski definition) is 1. The van der Waals surface area contributed by atoms with Crippen molar-refractivity contribution in [2.24, 2.45) is 0 Å². The number of benzene rings is 1. The zero-order valence-corrected chi connectivity index (χ0v) is 15.6. The maximum absolute atomic E-state index is 12.8. The van der Waals surface area contributed by atoms with Crippen molar-refractivity contribution in [2.75, 3.05) is 5.32 Å². The zero-order valence-electron chi connectivity index (χ0n) is 15.6. The van der Waals surface area contributed by atoms with Crippen LogP contribution in [0.25, 0.3) is 0 Å². The molecule has 4 nitrogen and oxygen atoms in total. The summed E-state index contributed by atoms with van der Waals surface area (Å²) in [6, 6.07) is 9.99. The molecule has 1 amide bonds. The van der Waals surface area contributed by atoms with E-state index in [0.717, 1.165) is 24.1 Å². The summed E-state index contributed by atoms with van der Waals surface area (Å²) in [4.78, 5) is 25.5. The molecule has 0 spiro atoms. The van der Waals surface area contributed by atoms with Crippen LogP contribution in [0.4, 0.5) is 5.69 Å². The molecule has 4 heteroatoms. The summed E-state index contributed by atoms with van der Waals surface area (Å²) in [5.74, 6) is -0.333. The van der Waals surface area contributed by atoms with Crippen LogP contribution < -0.4 is 10.9 Å². The van der Waals surface area contributed by atoms with Crippen LogP contribution in [0.1, 0.15) is 66.8 Å². The normalized spacial score (nSPS) is 14.4. The third kappa shape index (κ3) is 3.53. The summed E-state index contributed by atoms with van der Waals surface area (Å²) in [7, 11) is 0. The molecule has 1 aromatic heterocycles. The second-order valence-corrected chi connectivity index (χ2v) is 8.03. The van der Waals surface area contributed by atoms with Crippen LogP contribution in [0, 0.1) is 13.8 Å². The molecule has 1 fully saturated rings. The Morgan fingerprint density at radius 2 is 1.72 bits per heavy atom.